The molecule has 0 aliphatic carbocycles. The minimum absolute atomic E-state index is 0.0125. The van der Waals surface area contributed by atoms with Crippen molar-refractivity contribution in [1.82, 2.24) is 0 Å². The zero-order valence-electron chi connectivity index (χ0n) is 5.18. The highest BCUT2D eigenvalue weighted by molar-refractivity contribution is 5.86. The van der Waals surface area contributed by atoms with Gasteiger partial charge in [-0.1, -0.05) is 0 Å². The highest BCUT2D eigenvalue weighted by Crippen LogP contribution is 1.76. The van der Waals surface area contributed by atoms with Crippen LogP contribution < -0.4 is 0 Å². The summed E-state index contributed by atoms with van der Waals surface area (Å²) in [6, 6.07) is 0. The average Bonchev–Trinajstić information content (AvgIpc) is 1.66. The summed E-state index contributed by atoms with van der Waals surface area (Å²) >= 11 is 0. The standard InChI is InChI=1S/C6H10O2/c1-3-8-5-4-6(2)7/h4-5H,3H2,1-2H3/b5-4+. The first-order valence-electron chi connectivity index (χ1n) is 2.56. The van der Waals surface area contributed by atoms with E-state index in [0.717, 1.165) is 0 Å². The molecule has 0 aliphatic heterocycles. The monoisotopic (exact) mass is 114 g/mol. The van der Waals surface area contributed by atoms with E-state index in [1.54, 1.807) is 0 Å². The molecule has 2 nitrogen and oxygen atoms in total. The molecular weight excluding hydrogens is 104 g/mol. The van der Waals surface area contributed by atoms with Gasteiger partial charge >= 0.3 is 0 Å². The first kappa shape index (κ1) is 7.21. The predicted octanol–water partition coefficient (Wildman–Crippen LogP) is 1.13. The minimum atomic E-state index is 0.0125. The number of rotatable bonds is 3. The number of allylic oxidation sites excluding steroid dienone is 1. The zero-order chi connectivity index (χ0) is 6.41. The van der Waals surface area contributed by atoms with Gasteiger partial charge in [-0.15, -0.1) is 0 Å². The van der Waals surface area contributed by atoms with Crippen molar-refractivity contribution in [2.75, 3.05) is 6.61 Å². The molecule has 0 aromatic heterocycles. The molecule has 0 radical (unpaired) electrons. The van der Waals surface area contributed by atoms with Crippen molar-refractivity contribution < 1.29 is 9.53 Å². The van der Waals surface area contributed by atoms with Crippen molar-refractivity contribution in [3.05, 3.63) is 12.3 Å². The molecule has 0 unspecified atom stereocenters. The molecule has 0 saturated carbocycles. The molecule has 0 saturated heterocycles. The SMILES string of the molecule is CCO/C=C/C(C)=O. The van der Waals surface area contributed by atoms with Crippen molar-refractivity contribution in [3.63, 3.8) is 0 Å². The third kappa shape index (κ3) is 5.21. The largest absolute Gasteiger partial charge is 0.501 e. The number of ketones is 1. The van der Waals surface area contributed by atoms with Crippen LogP contribution in [0.15, 0.2) is 12.3 Å². The molecule has 0 atom stereocenters. The first-order valence-corrected chi connectivity index (χ1v) is 2.56. The molecule has 0 aromatic carbocycles. The second-order valence-electron chi connectivity index (χ2n) is 1.37. The van der Waals surface area contributed by atoms with E-state index in [9.17, 15) is 4.79 Å². The Bertz CT molecular complexity index is 94.7. The molecule has 0 N–H and O–H groups in total. The number of ether oxygens (including phenoxy) is 1. The predicted molar refractivity (Wildman–Crippen MR) is 31.4 cm³/mol. The van der Waals surface area contributed by atoms with Gasteiger partial charge in [-0.2, -0.15) is 0 Å². The van der Waals surface area contributed by atoms with Gasteiger partial charge in [0.1, 0.15) is 0 Å². The van der Waals surface area contributed by atoms with E-state index in [0.29, 0.717) is 6.61 Å². The number of hydrogen-bond donors (Lipinski definition) is 0. The smallest absolute Gasteiger partial charge is 0.155 e. The van der Waals surface area contributed by atoms with Gasteiger partial charge in [0.25, 0.3) is 0 Å². The fourth-order valence-corrected chi connectivity index (χ4v) is 0.240. The lowest BCUT2D eigenvalue weighted by Crippen LogP contribution is -1.82. The summed E-state index contributed by atoms with van der Waals surface area (Å²) in [5, 5.41) is 0. The van der Waals surface area contributed by atoms with Crippen LogP contribution in [0.4, 0.5) is 0 Å². The lowest BCUT2D eigenvalue weighted by atomic mass is 10.4. The molecule has 0 heterocycles. The summed E-state index contributed by atoms with van der Waals surface area (Å²) in [7, 11) is 0. The Balaban J connectivity index is 3.20. The zero-order valence-corrected chi connectivity index (χ0v) is 5.18. The van der Waals surface area contributed by atoms with E-state index < -0.39 is 0 Å². The summed E-state index contributed by atoms with van der Waals surface area (Å²) in [5.41, 5.74) is 0. The summed E-state index contributed by atoms with van der Waals surface area (Å²) in [6.07, 6.45) is 2.80. The molecule has 0 bridgehead atoms. The van der Waals surface area contributed by atoms with Crippen molar-refractivity contribution in [2.24, 2.45) is 0 Å². The van der Waals surface area contributed by atoms with Crippen molar-refractivity contribution in [2.45, 2.75) is 13.8 Å². The van der Waals surface area contributed by atoms with Crippen LogP contribution in [-0.4, -0.2) is 12.4 Å². The van der Waals surface area contributed by atoms with Crippen molar-refractivity contribution >= 4 is 5.78 Å². The topological polar surface area (TPSA) is 26.3 Å². The maximum atomic E-state index is 10.2. The normalized spacial score (nSPS) is 9.75. The Morgan fingerprint density at radius 1 is 1.75 bits per heavy atom. The molecule has 0 aromatic rings. The van der Waals surface area contributed by atoms with E-state index >= 15 is 0 Å². The Morgan fingerprint density at radius 2 is 2.38 bits per heavy atom. The van der Waals surface area contributed by atoms with Crippen LogP contribution in [0, 0.1) is 0 Å². The molecule has 2 heteroatoms. The van der Waals surface area contributed by atoms with Gasteiger partial charge in [0.15, 0.2) is 5.78 Å². The second kappa shape index (κ2) is 4.37. The molecule has 0 spiro atoms. The van der Waals surface area contributed by atoms with Crippen LogP contribution in [0.1, 0.15) is 13.8 Å². The molecule has 46 valence electrons. The Hall–Kier alpha value is -0.790. The molecule has 0 aliphatic rings. The van der Waals surface area contributed by atoms with Crippen LogP contribution in [0.25, 0.3) is 0 Å². The average molecular weight is 114 g/mol. The van der Waals surface area contributed by atoms with Crippen LogP contribution in [-0.2, 0) is 9.53 Å². The van der Waals surface area contributed by atoms with E-state index in [1.807, 2.05) is 6.92 Å². The maximum Gasteiger partial charge on any atom is 0.155 e. The van der Waals surface area contributed by atoms with E-state index in [2.05, 4.69) is 0 Å². The van der Waals surface area contributed by atoms with Gasteiger partial charge in [0.05, 0.1) is 12.9 Å². The summed E-state index contributed by atoms with van der Waals surface area (Å²) in [5.74, 6) is 0.0125. The summed E-state index contributed by atoms with van der Waals surface area (Å²) < 4.78 is 4.74. The summed E-state index contributed by atoms with van der Waals surface area (Å²) in [6.45, 7) is 3.96. The molecule has 0 amide bonds. The van der Waals surface area contributed by atoms with Gasteiger partial charge in [0.2, 0.25) is 0 Å². The molecule has 0 rings (SSSR count). The number of hydrogen-bond acceptors (Lipinski definition) is 2. The van der Waals surface area contributed by atoms with Crippen LogP contribution in [0.2, 0.25) is 0 Å². The van der Waals surface area contributed by atoms with Crippen molar-refractivity contribution in [1.29, 1.82) is 0 Å². The van der Waals surface area contributed by atoms with E-state index in [-0.39, 0.29) is 5.78 Å². The van der Waals surface area contributed by atoms with Gasteiger partial charge in [-0.05, 0) is 13.8 Å². The lowest BCUT2D eigenvalue weighted by Gasteiger charge is -1.88. The Labute approximate surface area is 49.1 Å². The lowest BCUT2D eigenvalue weighted by molar-refractivity contribution is -0.112. The fourth-order valence-electron chi connectivity index (χ4n) is 0.240. The van der Waals surface area contributed by atoms with Crippen LogP contribution in [0.5, 0.6) is 0 Å². The third-order valence-electron chi connectivity index (χ3n) is 0.566. The van der Waals surface area contributed by atoms with Crippen molar-refractivity contribution in [3.8, 4) is 0 Å². The molecular formula is C6H10O2. The van der Waals surface area contributed by atoms with Crippen LogP contribution >= 0.6 is 0 Å². The highest BCUT2D eigenvalue weighted by Gasteiger charge is 1.77. The third-order valence-corrected chi connectivity index (χ3v) is 0.566. The number of carbonyl (C=O) groups is 1. The highest BCUT2D eigenvalue weighted by atomic mass is 16.5. The molecule has 0 fully saturated rings. The molecule has 8 heavy (non-hydrogen) atoms. The van der Waals surface area contributed by atoms with Gasteiger partial charge in [-0.3, -0.25) is 4.79 Å². The van der Waals surface area contributed by atoms with E-state index in [1.165, 1.54) is 19.3 Å². The second-order valence-corrected chi connectivity index (χ2v) is 1.37. The number of carbonyl (C=O) groups excluding carboxylic acids is 1. The van der Waals surface area contributed by atoms with Gasteiger partial charge < -0.3 is 4.74 Å². The van der Waals surface area contributed by atoms with E-state index in [4.69, 9.17) is 4.74 Å². The minimum Gasteiger partial charge on any atom is -0.501 e. The Morgan fingerprint density at radius 3 is 2.75 bits per heavy atom. The first-order chi connectivity index (χ1) is 3.77. The Kier molecular flexibility index (Phi) is 3.94. The van der Waals surface area contributed by atoms with Crippen LogP contribution in [0.3, 0.4) is 0 Å². The maximum absolute atomic E-state index is 10.2. The van der Waals surface area contributed by atoms with Gasteiger partial charge in [0, 0.05) is 6.08 Å². The van der Waals surface area contributed by atoms with Gasteiger partial charge in [-0.25, -0.2) is 0 Å². The summed E-state index contributed by atoms with van der Waals surface area (Å²) in [4.78, 5) is 10.2. The quantitative estimate of drug-likeness (QED) is 0.406. The fraction of sp³-hybridized carbons (Fsp3) is 0.500.